The van der Waals surface area contributed by atoms with Gasteiger partial charge in [0.2, 0.25) is 0 Å². The highest BCUT2D eigenvalue weighted by molar-refractivity contribution is 4.22. The second-order valence-electron chi connectivity index (χ2n) is 0.500. The maximum Gasteiger partial charge on any atom is -0.0167 e. The minimum absolute atomic E-state index is 1.88. The van der Waals surface area contributed by atoms with Gasteiger partial charge in [0.1, 0.15) is 0 Å². The fraction of sp³-hybridized carbons (Fsp3) is 0.500. The quantitative estimate of drug-likeness (QED) is 0.415. The van der Waals surface area contributed by atoms with Crippen LogP contribution in [-0.4, -0.2) is 14.1 Å². The molecule has 0 aromatic carbocycles. The van der Waals surface area contributed by atoms with E-state index >= 15 is 0 Å². The van der Waals surface area contributed by atoms with Gasteiger partial charge in [-0.2, -0.15) is 0 Å². The maximum absolute atomic E-state index is 3.00. The summed E-state index contributed by atoms with van der Waals surface area (Å²) in [6.07, 6.45) is 0. The standard InChI is InChI=1S/C2H7N.C2H4/c1-3-2;1-2/h3H,1-2H3;1-2H2. The van der Waals surface area contributed by atoms with Crippen LogP contribution in [0, 0.1) is 0 Å². The van der Waals surface area contributed by atoms with E-state index in [2.05, 4.69) is 18.5 Å². The molecular formula is C4H11N. The van der Waals surface area contributed by atoms with Crippen LogP contribution in [0.25, 0.3) is 0 Å². The SMILES string of the molecule is C=C.CNC. The van der Waals surface area contributed by atoms with Crippen molar-refractivity contribution >= 4 is 0 Å². The van der Waals surface area contributed by atoms with Crippen molar-refractivity contribution in [2.45, 2.75) is 0 Å². The Labute approximate surface area is 33.7 Å². The summed E-state index contributed by atoms with van der Waals surface area (Å²) in [5.41, 5.74) is 0. The Hall–Kier alpha value is -0.300. The van der Waals surface area contributed by atoms with Crippen molar-refractivity contribution in [2.24, 2.45) is 0 Å². The van der Waals surface area contributed by atoms with E-state index in [4.69, 9.17) is 0 Å². The molecule has 1 heteroatoms. The number of hydrogen-bond donors (Lipinski definition) is 1. The van der Waals surface area contributed by atoms with Crippen molar-refractivity contribution < 1.29 is 0 Å². The molecule has 0 aromatic heterocycles. The van der Waals surface area contributed by atoms with E-state index in [-0.39, 0.29) is 0 Å². The monoisotopic (exact) mass is 73.1 g/mol. The summed E-state index contributed by atoms with van der Waals surface area (Å²) < 4.78 is 0. The average molecular weight is 73.1 g/mol. The lowest BCUT2D eigenvalue weighted by atomic mass is 11.3. The van der Waals surface area contributed by atoms with E-state index in [1.54, 1.807) is 0 Å². The molecule has 0 saturated heterocycles. The first-order valence-electron chi connectivity index (χ1n) is 1.50. The molecule has 0 heterocycles. The molecular weight excluding hydrogens is 62.1 g/mol. The number of rotatable bonds is 0. The summed E-state index contributed by atoms with van der Waals surface area (Å²) in [4.78, 5) is 0. The van der Waals surface area contributed by atoms with Gasteiger partial charge in [-0.1, -0.05) is 0 Å². The van der Waals surface area contributed by atoms with Crippen molar-refractivity contribution in [1.82, 2.24) is 5.32 Å². The lowest BCUT2D eigenvalue weighted by Gasteiger charge is -1.59. The molecule has 0 aliphatic rings. The van der Waals surface area contributed by atoms with E-state index in [9.17, 15) is 0 Å². The van der Waals surface area contributed by atoms with Gasteiger partial charge in [0, 0.05) is 0 Å². The van der Waals surface area contributed by atoms with Crippen LogP contribution in [-0.2, 0) is 0 Å². The van der Waals surface area contributed by atoms with Gasteiger partial charge in [0.25, 0.3) is 0 Å². The molecule has 0 spiro atoms. The summed E-state index contributed by atoms with van der Waals surface area (Å²) in [6, 6.07) is 0. The minimum Gasteiger partial charge on any atom is -0.323 e. The molecule has 0 fully saturated rings. The normalized spacial score (nSPS) is 4.40. The Bertz CT molecular complexity index is 7.61. The van der Waals surface area contributed by atoms with E-state index in [1.165, 1.54) is 0 Å². The molecule has 0 unspecified atom stereocenters. The van der Waals surface area contributed by atoms with Crippen LogP contribution in [0.15, 0.2) is 13.2 Å². The molecule has 32 valence electrons. The van der Waals surface area contributed by atoms with Gasteiger partial charge >= 0.3 is 0 Å². The largest absolute Gasteiger partial charge is 0.323 e. The molecule has 0 radical (unpaired) electrons. The smallest absolute Gasteiger partial charge is 0.0167 e. The third-order valence-corrected chi connectivity index (χ3v) is 0. The zero-order valence-electron chi connectivity index (χ0n) is 3.91. The highest BCUT2D eigenvalue weighted by Gasteiger charge is 1.25. The van der Waals surface area contributed by atoms with Crippen LogP contribution in [0.1, 0.15) is 0 Å². The zero-order chi connectivity index (χ0) is 4.71. The van der Waals surface area contributed by atoms with Crippen LogP contribution in [0.4, 0.5) is 0 Å². The second kappa shape index (κ2) is 55.0. The number of hydrogen-bond acceptors (Lipinski definition) is 1. The summed E-state index contributed by atoms with van der Waals surface area (Å²) in [6.45, 7) is 6.00. The fourth-order valence-corrected chi connectivity index (χ4v) is 0. The number of nitrogens with one attached hydrogen (secondary N) is 1. The van der Waals surface area contributed by atoms with Crippen molar-refractivity contribution in [2.75, 3.05) is 14.1 Å². The predicted octanol–water partition coefficient (Wildman–Crippen LogP) is 0.638. The first kappa shape index (κ1) is 8.83. The summed E-state index contributed by atoms with van der Waals surface area (Å²) in [7, 11) is 3.75. The van der Waals surface area contributed by atoms with Gasteiger partial charge in [-0.25, -0.2) is 0 Å². The van der Waals surface area contributed by atoms with Crippen molar-refractivity contribution in [3.05, 3.63) is 13.2 Å². The van der Waals surface area contributed by atoms with Crippen molar-refractivity contribution in [1.29, 1.82) is 0 Å². The molecule has 0 rings (SSSR count). The van der Waals surface area contributed by atoms with Gasteiger partial charge in [-0.05, 0) is 14.1 Å². The fourth-order valence-electron chi connectivity index (χ4n) is 0. The van der Waals surface area contributed by atoms with Crippen molar-refractivity contribution in [3.63, 3.8) is 0 Å². The van der Waals surface area contributed by atoms with Crippen LogP contribution in [0.2, 0.25) is 0 Å². The zero-order valence-corrected chi connectivity index (χ0v) is 3.91. The average Bonchev–Trinajstić information content (AvgIpc) is 1.46. The van der Waals surface area contributed by atoms with Crippen LogP contribution >= 0.6 is 0 Å². The molecule has 1 N–H and O–H groups in total. The molecule has 0 saturated carbocycles. The summed E-state index contributed by atoms with van der Waals surface area (Å²) in [5.74, 6) is 0. The Kier molecular flexibility index (Phi) is 97.2. The highest BCUT2D eigenvalue weighted by atomic mass is 14.7. The highest BCUT2D eigenvalue weighted by Crippen LogP contribution is 0.981. The Morgan fingerprint density at radius 3 is 1.20 bits per heavy atom. The lowest BCUT2D eigenvalue weighted by Crippen LogP contribution is -1.89. The van der Waals surface area contributed by atoms with Crippen LogP contribution in [0.3, 0.4) is 0 Å². The third kappa shape index (κ3) is 119. The molecule has 0 atom stereocenters. The Morgan fingerprint density at radius 2 is 1.20 bits per heavy atom. The Morgan fingerprint density at radius 1 is 1.20 bits per heavy atom. The molecule has 0 aliphatic heterocycles. The van der Waals surface area contributed by atoms with Crippen LogP contribution < -0.4 is 5.32 Å². The molecule has 0 bridgehead atoms. The topological polar surface area (TPSA) is 12.0 Å². The maximum atomic E-state index is 3.00. The molecule has 0 aromatic rings. The van der Waals surface area contributed by atoms with Gasteiger partial charge in [0.15, 0.2) is 0 Å². The molecule has 1 nitrogen and oxygen atoms in total. The first-order valence-corrected chi connectivity index (χ1v) is 1.50. The summed E-state index contributed by atoms with van der Waals surface area (Å²) in [5, 5.41) is 2.75. The van der Waals surface area contributed by atoms with E-state index < -0.39 is 0 Å². The lowest BCUT2D eigenvalue weighted by molar-refractivity contribution is 1.02. The van der Waals surface area contributed by atoms with Gasteiger partial charge in [0.05, 0.1) is 0 Å². The molecule has 0 amide bonds. The van der Waals surface area contributed by atoms with E-state index in [0.717, 1.165) is 0 Å². The van der Waals surface area contributed by atoms with E-state index in [0.29, 0.717) is 0 Å². The first-order chi connectivity index (χ1) is 2.41. The van der Waals surface area contributed by atoms with Gasteiger partial charge < -0.3 is 5.32 Å². The molecule has 0 aliphatic carbocycles. The second-order valence-corrected chi connectivity index (χ2v) is 0.500. The predicted molar refractivity (Wildman–Crippen MR) is 26.2 cm³/mol. The Balaban J connectivity index is 0. The van der Waals surface area contributed by atoms with Crippen molar-refractivity contribution in [3.8, 4) is 0 Å². The summed E-state index contributed by atoms with van der Waals surface area (Å²) >= 11 is 0. The third-order valence-electron chi connectivity index (χ3n) is 0. The minimum atomic E-state index is 1.88. The van der Waals surface area contributed by atoms with Gasteiger partial charge in [-0.3, -0.25) is 0 Å². The van der Waals surface area contributed by atoms with Gasteiger partial charge in [-0.15, -0.1) is 13.2 Å². The molecule has 5 heavy (non-hydrogen) atoms. The van der Waals surface area contributed by atoms with Crippen LogP contribution in [0.5, 0.6) is 0 Å². The van der Waals surface area contributed by atoms with E-state index in [1.807, 2.05) is 14.1 Å².